The normalized spacial score (nSPS) is 15.4. The van der Waals surface area contributed by atoms with Crippen molar-refractivity contribution in [2.24, 2.45) is 5.73 Å². The molecule has 2 heterocycles. The van der Waals surface area contributed by atoms with E-state index in [1.165, 1.54) is 0 Å². The van der Waals surface area contributed by atoms with E-state index in [1.807, 2.05) is 49.4 Å². The van der Waals surface area contributed by atoms with Gasteiger partial charge >= 0.3 is 12.0 Å². The van der Waals surface area contributed by atoms with Gasteiger partial charge in [0.1, 0.15) is 12.1 Å². The summed E-state index contributed by atoms with van der Waals surface area (Å²) in [5.41, 5.74) is 11.9. The van der Waals surface area contributed by atoms with E-state index in [1.54, 1.807) is 17.0 Å². The van der Waals surface area contributed by atoms with E-state index in [2.05, 4.69) is 17.6 Å². The van der Waals surface area contributed by atoms with Crippen LogP contribution in [-0.4, -0.2) is 39.5 Å². The Morgan fingerprint density at radius 1 is 1.10 bits per heavy atom. The molecule has 3 N–H and O–H groups in total. The summed E-state index contributed by atoms with van der Waals surface area (Å²) in [4.78, 5) is 30.9. The summed E-state index contributed by atoms with van der Waals surface area (Å²) < 4.78 is 8.03. The van der Waals surface area contributed by atoms with Gasteiger partial charge in [-0.2, -0.15) is 0 Å². The van der Waals surface area contributed by atoms with Crippen LogP contribution in [-0.2, 0) is 11.2 Å². The van der Waals surface area contributed by atoms with Crippen molar-refractivity contribution in [2.45, 2.75) is 58.6 Å². The van der Waals surface area contributed by atoms with E-state index in [-0.39, 0.29) is 11.8 Å². The zero-order valence-corrected chi connectivity index (χ0v) is 22.4. The molecule has 3 aromatic carbocycles. The number of nitrogens with zero attached hydrogens (tertiary/aromatic N) is 3. The van der Waals surface area contributed by atoms with Gasteiger partial charge in [-0.3, -0.25) is 9.47 Å². The van der Waals surface area contributed by atoms with Gasteiger partial charge in [0.15, 0.2) is 0 Å². The summed E-state index contributed by atoms with van der Waals surface area (Å²) in [6.07, 6.45) is 5.12. The molecule has 1 unspecified atom stereocenters. The third-order valence-corrected chi connectivity index (χ3v) is 7.34. The molecule has 0 radical (unpaired) electrons. The van der Waals surface area contributed by atoms with E-state index in [0.717, 1.165) is 72.2 Å². The third-order valence-electron chi connectivity index (χ3n) is 7.34. The fourth-order valence-electron chi connectivity index (χ4n) is 5.41. The number of aryl methyl sites for hydroxylation is 2. The number of urea groups is 1. The Hall–Kier alpha value is -4.17. The van der Waals surface area contributed by atoms with Crippen LogP contribution < -0.4 is 10.6 Å². The van der Waals surface area contributed by atoms with Crippen LogP contribution >= 0.6 is 0 Å². The lowest BCUT2D eigenvalue weighted by molar-refractivity contribution is 0.0195. The Morgan fingerprint density at radius 2 is 1.92 bits per heavy atom. The number of primary amides is 1. The molecule has 1 saturated heterocycles. The van der Waals surface area contributed by atoms with E-state index >= 15 is 0 Å². The van der Waals surface area contributed by atoms with Crippen molar-refractivity contribution < 1.29 is 19.4 Å². The quantitative estimate of drug-likeness (QED) is 0.274. The number of anilines is 1. The first-order valence-electron chi connectivity index (χ1n) is 13.5. The number of hydrogen-bond acceptors (Lipinski definition) is 4. The monoisotopic (exact) mass is 526 g/mol. The number of imidazole rings is 1. The molecule has 5 rings (SSSR count). The molecule has 1 aliphatic rings. The van der Waals surface area contributed by atoms with Gasteiger partial charge in [0, 0.05) is 18.7 Å². The standard InChI is InChI=1S/C31H34N4O4/c1-3-4-11-28-33-26-16-14-22(35(31(32)38)29-12-7-8-17-39-29)19-27(26)34(28)21-13-15-23(20(2)18-21)24-9-5-6-10-25(24)30(36)37/h5-6,9-10,13-16,18-19,29H,3-4,7-8,11-12,17H2,1-2H3,(H2,32,38)(H,36,37). The van der Waals surface area contributed by atoms with Crippen LogP contribution in [0, 0.1) is 6.92 Å². The van der Waals surface area contributed by atoms with Gasteiger partial charge in [-0.25, -0.2) is 14.6 Å². The lowest BCUT2D eigenvalue weighted by Crippen LogP contribution is -2.46. The van der Waals surface area contributed by atoms with Crippen LogP contribution in [0.3, 0.4) is 0 Å². The Balaban J connectivity index is 1.63. The number of carbonyl (C=O) groups is 2. The number of benzene rings is 3. The number of carboxylic acids is 1. The smallest absolute Gasteiger partial charge is 0.336 e. The predicted molar refractivity (Wildman–Crippen MR) is 152 cm³/mol. The molecule has 0 spiro atoms. The molecule has 0 aliphatic carbocycles. The molecule has 1 aliphatic heterocycles. The van der Waals surface area contributed by atoms with Crippen LogP contribution in [0.5, 0.6) is 0 Å². The van der Waals surface area contributed by atoms with Crippen LogP contribution in [0.1, 0.15) is 60.8 Å². The lowest BCUT2D eigenvalue weighted by atomic mass is 9.95. The highest BCUT2D eigenvalue weighted by atomic mass is 16.5. The highest BCUT2D eigenvalue weighted by Gasteiger charge is 2.27. The highest BCUT2D eigenvalue weighted by Crippen LogP contribution is 2.33. The second-order valence-corrected chi connectivity index (χ2v) is 10.0. The molecule has 39 heavy (non-hydrogen) atoms. The first kappa shape index (κ1) is 26.4. The van der Waals surface area contributed by atoms with Crippen molar-refractivity contribution in [3.8, 4) is 16.8 Å². The third kappa shape index (κ3) is 5.25. The van der Waals surface area contributed by atoms with Crippen molar-refractivity contribution in [2.75, 3.05) is 11.5 Å². The maximum absolute atomic E-state index is 12.5. The summed E-state index contributed by atoms with van der Waals surface area (Å²) in [7, 11) is 0. The average Bonchev–Trinajstić information content (AvgIpc) is 3.30. The van der Waals surface area contributed by atoms with Crippen LogP contribution in [0.25, 0.3) is 27.8 Å². The van der Waals surface area contributed by atoms with Gasteiger partial charge in [-0.05, 0) is 85.7 Å². The first-order chi connectivity index (χ1) is 18.9. The number of amides is 2. The zero-order chi connectivity index (χ0) is 27.5. The van der Waals surface area contributed by atoms with Crippen molar-refractivity contribution in [1.82, 2.24) is 9.55 Å². The van der Waals surface area contributed by atoms with Gasteiger partial charge in [-0.15, -0.1) is 0 Å². The molecule has 0 saturated carbocycles. The summed E-state index contributed by atoms with van der Waals surface area (Å²) >= 11 is 0. The Labute approximate surface area is 228 Å². The first-order valence-corrected chi connectivity index (χ1v) is 13.5. The van der Waals surface area contributed by atoms with Crippen LogP contribution in [0.2, 0.25) is 0 Å². The Morgan fingerprint density at radius 3 is 2.62 bits per heavy atom. The van der Waals surface area contributed by atoms with E-state index in [0.29, 0.717) is 17.9 Å². The average molecular weight is 527 g/mol. The summed E-state index contributed by atoms with van der Waals surface area (Å²) in [5.74, 6) is -0.0216. The summed E-state index contributed by atoms with van der Waals surface area (Å²) in [5, 5.41) is 9.71. The Kier molecular flexibility index (Phi) is 7.65. The maximum atomic E-state index is 12.5. The number of unbranched alkanes of at least 4 members (excludes halogenated alkanes) is 1. The molecule has 1 fully saturated rings. The molecule has 4 aromatic rings. The minimum Gasteiger partial charge on any atom is -0.478 e. The number of aromatic carboxylic acids is 1. The van der Waals surface area contributed by atoms with Crippen LogP contribution in [0.4, 0.5) is 10.5 Å². The van der Waals surface area contributed by atoms with Crippen LogP contribution in [0.15, 0.2) is 60.7 Å². The number of rotatable bonds is 8. The minimum atomic E-state index is -0.954. The molecule has 8 heteroatoms. The number of aromatic nitrogens is 2. The highest BCUT2D eigenvalue weighted by molar-refractivity contribution is 5.97. The molecule has 2 amide bonds. The van der Waals surface area contributed by atoms with Gasteiger partial charge in [0.2, 0.25) is 0 Å². The molecule has 0 bridgehead atoms. The van der Waals surface area contributed by atoms with Gasteiger partial charge in [0.05, 0.1) is 22.3 Å². The van der Waals surface area contributed by atoms with Gasteiger partial charge in [-0.1, -0.05) is 37.6 Å². The van der Waals surface area contributed by atoms with Crippen molar-refractivity contribution in [1.29, 1.82) is 0 Å². The van der Waals surface area contributed by atoms with E-state index in [4.69, 9.17) is 15.5 Å². The maximum Gasteiger partial charge on any atom is 0.336 e. The number of ether oxygens (including phenoxy) is 1. The number of carbonyl (C=O) groups excluding carboxylic acids is 1. The second-order valence-electron chi connectivity index (χ2n) is 10.0. The van der Waals surface area contributed by atoms with Crippen molar-refractivity contribution in [3.05, 3.63) is 77.6 Å². The lowest BCUT2D eigenvalue weighted by Gasteiger charge is -2.33. The topological polar surface area (TPSA) is 111 Å². The summed E-state index contributed by atoms with van der Waals surface area (Å²) in [6.45, 7) is 4.74. The SMILES string of the molecule is CCCCc1nc2ccc(N(C(N)=O)C3CCCCO3)cc2n1-c1ccc(-c2ccccc2C(=O)O)c(C)c1. The predicted octanol–water partition coefficient (Wildman–Crippen LogP) is 6.45. The molecule has 8 nitrogen and oxygen atoms in total. The number of carboxylic acid groups (broad SMARTS) is 1. The van der Waals surface area contributed by atoms with Crippen molar-refractivity contribution >= 4 is 28.7 Å². The number of hydrogen-bond donors (Lipinski definition) is 2. The number of fused-ring (bicyclic) bond motifs is 1. The minimum absolute atomic E-state index is 0.270. The molecule has 1 aromatic heterocycles. The number of nitrogens with two attached hydrogens (primary N) is 1. The van der Waals surface area contributed by atoms with E-state index in [9.17, 15) is 14.7 Å². The zero-order valence-electron chi connectivity index (χ0n) is 22.4. The Bertz CT molecular complexity index is 1520. The fraction of sp³-hybridized carbons (Fsp3) is 0.323. The van der Waals surface area contributed by atoms with E-state index < -0.39 is 12.0 Å². The molecular weight excluding hydrogens is 492 g/mol. The largest absolute Gasteiger partial charge is 0.478 e. The van der Waals surface area contributed by atoms with Crippen molar-refractivity contribution in [3.63, 3.8) is 0 Å². The molecule has 202 valence electrons. The second kappa shape index (κ2) is 11.3. The summed E-state index contributed by atoms with van der Waals surface area (Å²) in [6, 6.07) is 18.3. The molecular formula is C31H34N4O4. The van der Waals surface area contributed by atoms with Gasteiger partial charge < -0.3 is 15.6 Å². The van der Waals surface area contributed by atoms with Gasteiger partial charge in [0.25, 0.3) is 0 Å². The molecule has 1 atom stereocenters. The fourth-order valence-corrected chi connectivity index (χ4v) is 5.41.